The summed E-state index contributed by atoms with van der Waals surface area (Å²) in [5.74, 6) is -6.00. The van der Waals surface area contributed by atoms with E-state index in [9.17, 15) is 22.8 Å². The van der Waals surface area contributed by atoms with Gasteiger partial charge in [-0.25, -0.2) is 13.2 Å². The molecule has 0 spiro atoms. The Kier molecular flexibility index (Phi) is 5.39. The van der Waals surface area contributed by atoms with Crippen LogP contribution in [0.25, 0.3) is 0 Å². The van der Waals surface area contributed by atoms with Gasteiger partial charge in [0.15, 0.2) is 17.5 Å². The third-order valence-corrected chi connectivity index (χ3v) is 3.31. The third-order valence-electron chi connectivity index (χ3n) is 3.31. The van der Waals surface area contributed by atoms with Crippen LogP contribution in [0, 0.1) is 28.8 Å². The second-order valence-electron chi connectivity index (χ2n) is 5.01. The molecule has 2 rings (SSSR count). The van der Waals surface area contributed by atoms with Crippen LogP contribution in [0.5, 0.6) is 0 Å². The molecule has 2 aromatic carbocycles. The van der Waals surface area contributed by atoms with E-state index < -0.39 is 41.5 Å². The van der Waals surface area contributed by atoms with E-state index in [1.54, 1.807) is 12.1 Å². The number of carbonyl (C=O) groups excluding carboxylic acids is 2. The number of hydrogen-bond donors (Lipinski definition) is 1. The minimum absolute atomic E-state index is 0.171. The Hall–Kier alpha value is -3.34. The van der Waals surface area contributed by atoms with Crippen LogP contribution in [0.1, 0.15) is 12.5 Å². The van der Waals surface area contributed by atoms with Crippen LogP contribution in [0.3, 0.4) is 0 Å². The predicted molar refractivity (Wildman–Crippen MR) is 84.1 cm³/mol. The van der Waals surface area contributed by atoms with Crippen LogP contribution in [0.15, 0.2) is 36.4 Å². The topological polar surface area (TPSA) is 73.2 Å². The molecule has 0 unspecified atom stereocenters. The molecule has 0 aliphatic heterocycles. The van der Waals surface area contributed by atoms with Gasteiger partial charge in [-0.2, -0.15) is 5.26 Å². The van der Waals surface area contributed by atoms with Gasteiger partial charge in [-0.15, -0.1) is 0 Å². The monoisotopic (exact) mass is 347 g/mol. The zero-order valence-electron chi connectivity index (χ0n) is 13.0. The van der Waals surface area contributed by atoms with Crippen molar-refractivity contribution in [2.75, 3.05) is 16.8 Å². The zero-order chi connectivity index (χ0) is 18.6. The SMILES string of the molecule is CC(=O)N(CC(=O)Nc1ccc(F)c(F)c1F)c1ccccc1C#N. The van der Waals surface area contributed by atoms with Gasteiger partial charge in [0.05, 0.1) is 16.9 Å². The molecule has 5 nitrogen and oxygen atoms in total. The van der Waals surface area contributed by atoms with Gasteiger partial charge in [-0.1, -0.05) is 12.1 Å². The van der Waals surface area contributed by atoms with Crippen LogP contribution in [-0.4, -0.2) is 18.4 Å². The Bertz CT molecular complexity index is 878. The van der Waals surface area contributed by atoms with Crippen molar-refractivity contribution < 1.29 is 22.8 Å². The lowest BCUT2D eigenvalue weighted by Gasteiger charge is -2.21. The summed E-state index contributed by atoms with van der Waals surface area (Å²) in [4.78, 5) is 24.9. The van der Waals surface area contributed by atoms with Gasteiger partial charge in [0.25, 0.3) is 0 Å². The second kappa shape index (κ2) is 7.49. The van der Waals surface area contributed by atoms with E-state index in [4.69, 9.17) is 5.26 Å². The molecule has 1 N–H and O–H groups in total. The summed E-state index contributed by atoms with van der Waals surface area (Å²) >= 11 is 0. The quantitative estimate of drug-likeness (QED) is 0.864. The van der Waals surface area contributed by atoms with Crippen molar-refractivity contribution >= 4 is 23.2 Å². The molecule has 0 bridgehead atoms. The minimum Gasteiger partial charge on any atom is -0.322 e. The predicted octanol–water partition coefficient (Wildman–Crippen LogP) is 2.97. The van der Waals surface area contributed by atoms with Crippen molar-refractivity contribution in [3.63, 3.8) is 0 Å². The molecule has 0 saturated carbocycles. The number of halogens is 3. The maximum atomic E-state index is 13.6. The highest BCUT2D eigenvalue weighted by molar-refractivity contribution is 6.02. The van der Waals surface area contributed by atoms with Crippen molar-refractivity contribution in [3.05, 3.63) is 59.4 Å². The molecule has 2 amide bonds. The second-order valence-corrected chi connectivity index (χ2v) is 5.01. The molecule has 0 saturated heterocycles. The number of hydrogen-bond acceptors (Lipinski definition) is 3. The Morgan fingerprint density at radius 2 is 1.80 bits per heavy atom. The van der Waals surface area contributed by atoms with Gasteiger partial charge >= 0.3 is 0 Å². The lowest BCUT2D eigenvalue weighted by Crippen LogP contribution is -2.37. The highest BCUT2D eigenvalue weighted by Gasteiger charge is 2.20. The van der Waals surface area contributed by atoms with Gasteiger partial charge < -0.3 is 10.2 Å². The Labute approximate surface area is 141 Å². The number of carbonyl (C=O) groups is 2. The van der Waals surface area contributed by atoms with Crippen LogP contribution in [0.4, 0.5) is 24.5 Å². The van der Waals surface area contributed by atoms with E-state index >= 15 is 0 Å². The molecule has 0 heterocycles. The number of anilines is 2. The fourth-order valence-corrected chi connectivity index (χ4v) is 2.13. The number of nitrogens with one attached hydrogen (secondary N) is 1. The molecule has 128 valence electrons. The van der Waals surface area contributed by atoms with Crippen LogP contribution in [-0.2, 0) is 9.59 Å². The van der Waals surface area contributed by atoms with Crippen molar-refractivity contribution in [2.45, 2.75) is 6.92 Å². The first-order chi connectivity index (χ1) is 11.8. The lowest BCUT2D eigenvalue weighted by atomic mass is 10.1. The molecule has 0 aliphatic rings. The first-order valence-corrected chi connectivity index (χ1v) is 7.05. The van der Waals surface area contributed by atoms with Gasteiger partial charge in [-0.3, -0.25) is 9.59 Å². The number of amides is 2. The lowest BCUT2D eigenvalue weighted by molar-refractivity contribution is -0.120. The Morgan fingerprint density at radius 3 is 2.44 bits per heavy atom. The van der Waals surface area contributed by atoms with Crippen molar-refractivity contribution in [3.8, 4) is 6.07 Å². The highest BCUT2D eigenvalue weighted by Crippen LogP contribution is 2.22. The molecule has 0 aromatic heterocycles. The number of nitriles is 1. The Morgan fingerprint density at radius 1 is 1.12 bits per heavy atom. The molecule has 8 heteroatoms. The van der Waals surface area contributed by atoms with Crippen LogP contribution < -0.4 is 10.2 Å². The van der Waals surface area contributed by atoms with Crippen molar-refractivity contribution in [2.24, 2.45) is 0 Å². The summed E-state index contributed by atoms with van der Waals surface area (Å²) in [5.41, 5.74) is -0.177. The number of rotatable bonds is 4. The maximum Gasteiger partial charge on any atom is 0.244 e. The molecule has 25 heavy (non-hydrogen) atoms. The molecular formula is C17H12F3N3O2. The molecule has 0 aliphatic carbocycles. The van der Waals surface area contributed by atoms with Gasteiger partial charge in [0.1, 0.15) is 12.6 Å². The molecule has 0 fully saturated rings. The van der Waals surface area contributed by atoms with E-state index in [-0.39, 0.29) is 11.3 Å². The zero-order valence-corrected chi connectivity index (χ0v) is 13.0. The summed E-state index contributed by atoms with van der Waals surface area (Å²) in [6, 6.07) is 9.56. The Balaban J connectivity index is 2.24. The van der Waals surface area contributed by atoms with Crippen LogP contribution in [0.2, 0.25) is 0 Å². The number of para-hydroxylation sites is 1. The first-order valence-electron chi connectivity index (χ1n) is 7.05. The smallest absolute Gasteiger partial charge is 0.244 e. The van der Waals surface area contributed by atoms with Crippen LogP contribution >= 0.6 is 0 Å². The van der Waals surface area contributed by atoms with Gasteiger partial charge in [0.2, 0.25) is 11.8 Å². The number of benzene rings is 2. The average molecular weight is 347 g/mol. The first kappa shape index (κ1) is 18.0. The van der Waals surface area contributed by atoms with E-state index in [1.165, 1.54) is 19.1 Å². The normalized spacial score (nSPS) is 10.0. The molecule has 0 radical (unpaired) electrons. The third kappa shape index (κ3) is 3.95. The van der Waals surface area contributed by atoms with Gasteiger partial charge in [-0.05, 0) is 24.3 Å². The standard InChI is InChI=1S/C17H12F3N3O2/c1-10(24)23(14-5-3-2-4-11(14)8-21)9-15(25)22-13-7-6-12(18)16(19)17(13)20/h2-7H,9H2,1H3,(H,22,25). The number of nitrogens with zero attached hydrogens (tertiary/aromatic N) is 2. The summed E-state index contributed by atoms with van der Waals surface area (Å²) in [7, 11) is 0. The van der Waals surface area contributed by atoms with E-state index in [0.717, 1.165) is 11.0 Å². The van der Waals surface area contributed by atoms with Crippen molar-refractivity contribution in [1.82, 2.24) is 0 Å². The van der Waals surface area contributed by atoms with E-state index in [2.05, 4.69) is 5.32 Å². The average Bonchev–Trinajstić information content (AvgIpc) is 2.60. The summed E-state index contributed by atoms with van der Waals surface area (Å²) in [5, 5.41) is 11.2. The summed E-state index contributed by atoms with van der Waals surface area (Å²) < 4.78 is 39.7. The van der Waals surface area contributed by atoms with E-state index in [0.29, 0.717) is 6.07 Å². The minimum atomic E-state index is -1.71. The summed E-state index contributed by atoms with van der Waals surface area (Å²) in [6.07, 6.45) is 0. The largest absolute Gasteiger partial charge is 0.322 e. The molecule has 0 atom stereocenters. The summed E-state index contributed by atoms with van der Waals surface area (Å²) in [6.45, 7) is 0.659. The highest BCUT2D eigenvalue weighted by atomic mass is 19.2. The van der Waals surface area contributed by atoms with E-state index in [1.807, 2.05) is 6.07 Å². The maximum absolute atomic E-state index is 13.6. The fraction of sp³-hybridized carbons (Fsp3) is 0.118. The fourth-order valence-electron chi connectivity index (χ4n) is 2.13. The molecular weight excluding hydrogens is 335 g/mol. The van der Waals surface area contributed by atoms with Gasteiger partial charge in [0, 0.05) is 6.92 Å². The van der Waals surface area contributed by atoms with Crippen molar-refractivity contribution in [1.29, 1.82) is 5.26 Å². The molecule has 2 aromatic rings.